The highest BCUT2D eigenvalue weighted by atomic mass is 32.2. The fraction of sp³-hybridized carbons (Fsp3) is 0.150. The molecule has 1 unspecified atom stereocenters. The number of carbonyl (C=O) groups is 1. The molecule has 0 saturated heterocycles. The molecule has 0 spiro atoms. The molecule has 23 heavy (non-hydrogen) atoms. The zero-order valence-corrected chi connectivity index (χ0v) is 13.9. The number of hydrogen-bond donors (Lipinski definition) is 0. The van der Waals surface area contributed by atoms with E-state index in [2.05, 4.69) is 13.2 Å². The van der Waals surface area contributed by atoms with Crippen molar-refractivity contribution >= 4 is 17.7 Å². The standard InChI is InChI=1S/C20H21NOS/c1-3-15-21(16-4-2)20(22)19(17-11-7-5-8-12-17)23-18-13-9-6-10-14-18/h3-14,19H,1-2,15-16H2. The quantitative estimate of drug-likeness (QED) is 0.517. The van der Waals surface area contributed by atoms with Crippen molar-refractivity contribution in [3.05, 3.63) is 91.5 Å². The van der Waals surface area contributed by atoms with E-state index in [4.69, 9.17) is 0 Å². The van der Waals surface area contributed by atoms with Gasteiger partial charge in [0.05, 0.1) is 0 Å². The van der Waals surface area contributed by atoms with Gasteiger partial charge in [-0.3, -0.25) is 4.79 Å². The van der Waals surface area contributed by atoms with Gasteiger partial charge in [0.1, 0.15) is 5.25 Å². The summed E-state index contributed by atoms with van der Waals surface area (Å²) in [6.07, 6.45) is 3.49. The van der Waals surface area contributed by atoms with Crippen LogP contribution in [-0.4, -0.2) is 23.9 Å². The summed E-state index contributed by atoms with van der Waals surface area (Å²) < 4.78 is 0. The first-order valence-electron chi connectivity index (χ1n) is 7.53. The van der Waals surface area contributed by atoms with Gasteiger partial charge < -0.3 is 4.90 Å². The van der Waals surface area contributed by atoms with Crippen LogP contribution in [-0.2, 0) is 4.79 Å². The third kappa shape index (κ3) is 4.86. The predicted octanol–water partition coefficient (Wildman–Crippen LogP) is 4.72. The number of amides is 1. The maximum Gasteiger partial charge on any atom is 0.241 e. The summed E-state index contributed by atoms with van der Waals surface area (Å²) in [5, 5.41) is -0.279. The highest BCUT2D eigenvalue weighted by Crippen LogP contribution is 2.36. The van der Waals surface area contributed by atoms with Crippen molar-refractivity contribution in [1.29, 1.82) is 0 Å². The SMILES string of the molecule is C=CCN(CC=C)C(=O)C(Sc1ccccc1)c1ccccc1. The van der Waals surface area contributed by atoms with Gasteiger partial charge in [-0.05, 0) is 17.7 Å². The Morgan fingerprint density at radius 2 is 1.48 bits per heavy atom. The van der Waals surface area contributed by atoms with E-state index in [0.717, 1.165) is 10.5 Å². The Morgan fingerprint density at radius 1 is 0.957 bits per heavy atom. The molecule has 2 rings (SSSR count). The lowest BCUT2D eigenvalue weighted by atomic mass is 10.1. The van der Waals surface area contributed by atoms with Crippen molar-refractivity contribution in [1.82, 2.24) is 4.90 Å². The van der Waals surface area contributed by atoms with Gasteiger partial charge in [0.2, 0.25) is 5.91 Å². The van der Waals surface area contributed by atoms with Gasteiger partial charge >= 0.3 is 0 Å². The molecular formula is C20H21NOS. The number of hydrogen-bond acceptors (Lipinski definition) is 2. The molecule has 1 amide bonds. The second kappa shape index (κ2) is 9.01. The van der Waals surface area contributed by atoms with Crippen LogP contribution in [0, 0.1) is 0 Å². The van der Waals surface area contributed by atoms with E-state index in [0.29, 0.717) is 13.1 Å². The third-order valence-corrected chi connectivity index (χ3v) is 4.59. The summed E-state index contributed by atoms with van der Waals surface area (Å²) in [5.41, 5.74) is 1.00. The van der Waals surface area contributed by atoms with Crippen molar-refractivity contribution in [3.8, 4) is 0 Å². The number of carbonyl (C=O) groups excluding carboxylic acids is 1. The van der Waals surface area contributed by atoms with Gasteiger partial charge in [-0.1, -0.05) is 60.7 Å². The highest BCUT2D eigenvalue weighted by molar-refractivity contribution is 8.00. The van der Waals surface area contributed by atoms with Gasteiger partial charge in [0.15, 0.2) is 0 Å². The second-order valence-corrected chi connectivity index (χ2v) is 6.22. The van der Waals surface area contributed by atoms with Crippen LogP contribution in [0.25, 0.3) is 0 Å². The fourth-order valence-electron chi connectivity index (χ4n) is 2.26. The summed E-state index contributed by atoms with van der Waals surface area (Å²) in [7, 11) is 0. The Hall–Kier alpha value is -2.26. The van der Waals surface area contributed by atoms with Crippen LogP contribution in [0.5, 0.6) is 0 Å². The molecule has 0 aliphatic heterocycles. The Bertz CT molecular complexity index is 629. The van der Waals surface area contributed by atoms with Crippen LogP contribution in [0.15, 0.2) is 90.9 Å². The summed E-state index contributed by atoms with van der Waals surface area (Å²) in [6.45, 7) is 8.53. The van der Waals surface area contributed by atoms with Crippen LogP contribution >= 0.6 is 11.8 Å². The lowest BCUT2D eigenvalue weighted by Gasteiger charge is -2.25. The molecule has 0 aliphatic carbocycles. The largest absolute Gasteiger partial charge is 0.334 e. The maximum atomic E-state index is 13.0. The van der Waals surface area contributed by atoms with Crippen LogP contribution < -0.4 is 0 Å². The molecular weight excluding hydrogens is 302 g/mol. The van der Waals surface area contributed by atoms with Crippen molar-refractivity contribution in [2.75, 3.05) is 13.1 Å². The van der Waals surface area contributed by atoms with Crippen molar-refractivity contribution in [2.45, 2.75) is 10.1 Å². The van der Waals surface area contributed by atoms with Gasteiger partial charge in [-0.2, -0.15) is 0 Å². The molecule has 0 N–H and O–H groups in total. The molecule has 1 atom stereocenters. The maximum absolute atomic E-state index is 13.0. The van der Waals surface area contributed by atoms with Crippen LogP contribution in [0.1, 0.15) is 10.8 Å². The van der Waals surface area contributed by atoms with E-state index in [9.17, 15) is 4.79 Å². The van der Waals surface area contributed by atoms with Crippen LogP contribution in [0.2, 0.25) is 0 Å². The fourth-order valence-corrected chi connectivity index (χ4v) is 3.39. The van der Waals surface area contributed by atoms with E-state index < -0.39 is 0 Å². The molecule has 3 heteroatoms. The molecule has 0 bridgehead atoms. The number of thioether (sulfide) groups is 1. The molecule has 0 radical (unpaired) electrons. The molecule has 0 aromatic heterocycles. The van der Waals surface area contributed by atoms with Crippen molar-refractivity contribution in [2.24, 2.45) is 0 Å². The summed E-state index contributed by atoms with van der Waals surface area (Å²) >= 11 is 1.57. The lowest BCUT2D eigenvalue weighted by molar-refractivity contribution is -0.129. The van der Waals surface area contributed by atoms with Crippen LogP contribution in [0.3, 0.4) is 0 Å². The molecule has 0 aliphatic rings. The molecule has 0 heterocycles. The van der Waals surface area contributed by atoms with Gasteiger partial charge in [0.25, 0.3) is 0 Å². The minimum Gasteiger partial charge on any atom is -0.334 e. The molecule has 2 aromatic rings. The molecule has 2 nitrogen and oxygen atoms in total. The average molecular weight is 323 g/mol. The molecule has 118 valence electrons. The normalized spacial score (nSPS) is 11.5. The van der Waals surface area contributed by atoms with Crippen molar-refractivity contribution < 1.29 is 4.79 Å². The Balaban J connectivity index is 2.30. The smallest absolute Gasteiger partial charge is 0.241 e. The second-order valence-electron chi connectivity index (χ2n) is 5.04. The van der Waals surface area contributed by atoms with E-state index in [-0.39, 0.29) is 11.2 Å². The van der Waals surface area contributed by atoms with E-state index in [1.54, 1.807) is 28.8 Å². The summed E-state index contributed by atoms with van der Waals surface area (Å²) in [4.78, 5) is 15.9. The topological polar surface area (TPSA) is 20.3 Å². The Morgan fingerprint density at radius 3 is 2.00 bits per heavy atom. The highest BCUT2D eigenvalue weighted by Gasteiger charge is 2.25. The third-order valence-electron chi connectivity index (χ3n) is 3.33. The number of benzene rings is 2. The van der Waals surface area contributed by atoms with Gasteiger partial charge in [-0.15, -0.1) is 24.9 Å². The first kappa shape index (κ1) is 17.1. The van der Waals surface area contributed by atoms with Gasteiger partial charge in [0, 0.05) is 18.0 Å². The average Bonchev–Trinajstić information content (AvgIpc) is 2.60. The number of rotatable bonds is 8. The zero-order valence-electron chi connectivity index (χ0n) is 13.1. The van der Waals surface area contributed by atoms with Crippen molar-refractivity contribution in [3.63, 3.8) is 0 Å². The zero-order chi connectivity index (χ0) is 16.5. The monoisotopic (exact) mass is 323 g/mol. The first-order valence-corrected chi connectivity index (χ1v) is 8.41. The summed E-state index contributed by atoms with van der Waals surface area (Å²) in [6, 6.07) is 19.9. The minimum absolute atomic E-state index is 0.0739. The first-order chi connectivity index (χ1) is 11.3. The molecule has 0 saturated carbocycles. The Kier molecular flexibility index (Phi) is 6.70. The predicted molar refractivity (Wildman–Crippen MR) is 98.5 cm³/mol. The van der Waals surface area contributed by atoms with E-state index in [1.807, 2.05) is 60.7 Å². The Labute approximate surface area is 142 Å². The molecule has 2 aromatic carbocycles. The van der Waals surface area contributed by atoms with E-state index in [1.165, 1.54) is 0 Å². The minimum atomic E-state index is -0.279. The lowest BCUT2D eigenvalue weighted by Crippen LogP contribution is -2.34. The summed E-state index contributed by atoms with van der Waals surface area (Å²) in [5.74, 6) is 0.0739. The number of nitrogens with zero attached hydrogens (tertiary/aromatic N) is 1. The molecule has 0 fully saturated rings. The van der Waals surface area contributed by atoms with E-state index >= 15 is 0 Å². The van der Waals surface area contributed by atoms with Crippen LogP contribution in [0.4, 0.5) is 0 Å². The van der Waals surface area contributed by atoms with Gasteiger partial charge in [-0.25, -0.2) is 0 Å².